The largest absolute Gasteiger partial charge is 0.362 e. The highest BCUT2D eigenvalue weighted by Gasteiger charge is 2.16. The van der Waals surface area contributed by atoms with Crippen LogP contribution in [0.1, 0.15) is 33.1 Å². The minimum Gasteiger partial charge on any atom is -0.362 e. The highest BCUT2D eigenvalue weighted by molar-refractivity contribution is 5.96. The topological polar surface area (TPSA) is 67.8 Å². The van der Waals surface area contributed by atoms with Crippen molar-refractivity contribution in [1.29, 1.82) is 0 Å². The average molecular weight is 259 g/mol. The fourth-order valence-corrected chi connectivity index (χ4v) is 2.24. The lowest BCUT2D eigenvalue weighted by Crippen LogP contribution is -2.22. The maximum atomic E-state index is 12.2. The van der Waals surface area contributed by atoms with Crippen LogP contribution in [-0.4, -0.2) is 20.5 Å². The lowest BCUT2D eigenvalue weighted by atomic mass is 10.1. The number of carbonyl (C=O) groups is 1. The number of nitrogens with zero attached hydrogens (tertiary/aromatic N) is 2. The summed E-state index contributed by atoms with van der Waals surface area (Å²) in [6, 6.07) is 3.35. The van der Waals surface area contributed by atoms with E-state index in [0.29, 0.717) is 5.69 Å². The molecule has 0 aliphatic heterocycles. The van der Waals surface area contributed by atoms with Crippen LogP contribution in [0.15, 0.2) is 16.9 Å². The predicted molar refractivity (Wildman–Crippen MR) is 72.6 cm³/mol. The molecule has 100 valence electrons. The smallest absolute Gasteiger partial charge is 0.192 e. The number of pyridine rings is 1. The Labute approximate surface area is 111 Å². The normalized spacial score (nSPS) is 10.7. The van der Waals surface area contributed by atoms with Crippen molar-refractivity contribution in [2.45, 2.75) is 34.2 Å². The predicted octanol–water partition coefficient (Wildman–Crippen LogP) is 1.69. The number of H-pyrrole nitrogens is 1. The Balaban J connectivity index is 2.36. The van der Waals surface area contributed by atoms with Gasteiger partial charge in [-0.15, -0.1) is 0 Å². The molecule has 0 amide bonds. The summed E-state index contributed by atoms with van der Waals surface area (Å²) in [5.74, 6) is -0.218. The van der Waals surface area contributed by atoms with Crippen LogP contribution in [0.3, 0.4) is 0 Å². The van der Waals surface area contributed by atoms with E-state index in [0.717, 1.165) is 17.1 Å². The van der Waals surface area contributed by atoms with Gasteiger partial charge in [-0.05, 0) is 33.8 Å². The number of aromatic amines is 1. The highest BCUT2D eigenvalue weighted by atomic mass is 16.1. The quantitative estimate of drug-likeness (QED) is 0.853. The van der Waals surface area contributed by atoms with Gasteiger partial charge in [0.1, 0.15) is 6.54 Å². The molecular weight excluding hydrogens is 242 g/mol. The van der Waals surface area contributed by atoms with Gasteiger partial charge in [0.15, 0.2) is 11.2 Å². The van der Waals surface area contributed by atoms with Crippen molar-refractivity contribution in [2.24, 2.45) is 0 Å². The molecule has 0 fully saturated rings. The zero-order valence-electron chi connectivity index (χ0n) is 11.6. The Morgan fingerprint density at radius 1 is 1.26 bits per heavy atom. The van der Waals surface area contributed by atoms with Crippen LogP contribution in [0.5, 0.6) is 0 Å². The lowest BCUT2D eigenvalue weighted by molar-refractivity contribution is 0.0964. The second kappa shape index (κ2) is 4.84. The molecule has 5 nitrogen and oxygen atoms in total. The first-order valence-corrected chi connectivity index (χ1v) is 6.13. The third-order valence-electron chi connectivity index (χ3n) is 3.03. The first-order chi connectivity index (χ1) is 8.88. The van der Waals surface area contributed by atoms with Crippen LogP contribution < -0.4 is 5.43 Å². The number of hydrogen-bond acceptors (Lipinski definition) is 3. The molecule has 0 aliphatic carbocycles. The molecule has 0 atom stereocenters. The number of hydrogen-bond donors (Lipinski definition) is 1. The van der Waals surface area contributed by atoms with E-state index in [2.05, 4.69) is 10.1 Å². The molecule has 0 spiro atoms. The van der Waals surface area contributed by atoms with Crippen LogP contribution in [0.25, 0.3) is 0 Å². The van der Waals surface area contributed by atoms with E-state index in [1.807, 2.05) is 19.9 Å². The van der Waals surface area contributed by atoms with Gasteiger partial charge in [-0.1, -0.05) is 0 Å². The van der Waals surface area contributed by atoms with Crippen LogP contribution >= 0.6 is 0 Å². The third kappa shape index (κ3) is 2.65. The third-order valence-corrected chi connectivity index (χ3v) is 3.03. The fourth-order valence-electron chi connectivity index (χ4n) is 2.24. The summed E-state index contributed by atoms with van der Waals surface area (Å²) in [7, 11) is 0. The van der Waals surface area contributed by atoms with E-state index < -0.39 is 0 Å². The van der Waals surface area contributed by atoms with Crippen molar-refractivity contribution in [1.82, 2.24) is 14.8 Å². The molecule has 2 aromatic rings. The molecule has 2 aromatic heterocycles. The standard InChI is InChI=1S/C14H17N3O2/c1-8-6-12(18)14(11(4)15-8)13(19)7-17-10(3)5-9(2)16-17/h5-6H,7H2,1-4H3,(H,15,18). The molecule has 2 rings (SSSR count). The van der Waals surface area contributed by atoms with Gasteiger partial charge >= 0.3 is 0 Å². The van der Waals surface area contributed by atoms with Crippen molar-refractivity contribution in [3.8, 4) is 0 Å². The molecule has 0 saturated carbocycles. The molecule has 2 heterocycles. The Kier molecular flexibility index (Phi) is 3.38. The highest BCUT2D eigenvalue weighted by Crippen LogP contribution is 2.06. The summed E-state index contributed by atoms with van der Waals surface area (Å²) in [5, 5.41) is 4.24. The Hall–Kier alpha value is -2.17. The molecule has 0 unspecified atom stereocenters. The van der Waals surface area contributed by atoms with E-state index in [1.54, 1.807) is 18.5 Å². The van der Waals surface area contributed by atoms with Crippen molar-refractivity contribution >= 4 is 5.78 Å². The molecule has 0 aromatic carbocycles. The lowest BCUT2D eigenvalue weighted by Gasteiger charge is -2.07. The molecule has 0 saturated heterocycles. The van der Waals surface area contributed by atoms with Gasteiger partial charge < -0.3 is 4.98 Å². The van der Waals surface area contributed by atoms with E-state index >= 15 is 0 Å². The second-order valence-corrected chi connectivity index (χ2v) is 4.82. The Morgan fingerprint density at radius 3 is 2.47 bits per heavy atom. The Morgan fingerprint density at radius 2 is 1.95 bits per heavy atom. The number of aryl methyl sites for hydroxylation is 4. The molecule has 0 radical (unpaired) electrons. The molecule has 5 heteroatoms. The zero-order valence-corrected chi connectivity index (χ0v) is 11.6. The second-order valence-electron chi connectivity index (χ2n) is 4.82. The number of rotatable bonds is 3. The SMILES string of the molecule is Cc1cc(C)n(CC(=O)c2c(C)[nH]c(C)cc2=O)n1. The maximum Gasteiger partial charge on any atom is 0.192 e. The number of aromatic nitrogens is 3. The summed E-state index contributed by atoms with van der Waals surface area (Å²) in [6.07, 6.45) is 0. The van der Waals surface area contributed by atoms with E-state index in [1.165, 1.54) is 6.07 Å². The van der Waals surface area contributed by atoms with Crippen molar-refractivity contribution < 1.29 is 4.79 Å². The van der Waals surface area contributed by atoms with Gasteiger partial charge in [0, 0.05) is 23.1 Å². The van der Waals surface area contributed by atoms with E-state index in [-0.39, 0.29) is 23.3 Å². The van der Waals surface area contributed by atoms with Crippen molar-refractivity contribution in [3.63, 3.8) is 0 Å². The molecular formula is C14H17N3O2. The monoisotopic (exact) mass is 259 g/mol. The zero-order chi connectivity index (χ0) is 14.2. The molecule has 0 aliphatic rings. The van der Waals surface area contributed by atoms with Gasteiger partial charge in [-0.3, -0.25) is 14.3 Å². The van der Waals surface area contributed by atoms with Gasteiger partial charge in [0.25, 0.3) is 0 Å². The number of Topliss-reactive ketones (excluding diaryl/α,β-unsaturated/α-hetero) is 1. The number of carbonyl (C=O) groups excluding carboxylic acids is 1. The van der Waals surface area contributed by atoms with Crippen LogP contribution in [0, 0.1) is 27.7 Å². The maximum absolute atomic E-state index is 12.2. The van der Waals surface area contributed by atoms with Gasteiger partial charge in [0.05, 0.1) is 11.3 Å². The molecule has 0 bridgehead atoms. The molecule has 1 N–H and O–H groups in total. The first-order valence-electron chi connectivity index (χ1n) is 6.13. The summed E-state index contributed by atoms with van der Waals surface area (Å²) < 4.78 is 1.62. The minimum atomic E-state index is -0.236. The minimum absolute atomic E-state index is 0.0899. The summed E-state index contributed by atoms with van der Waals surface area (Å²) in [5.41, 5.74) is 3.12. The van der Waals surface area contributed by atoms with Crippen LogP contribution in [0.4, 0.5) is 0 Å². The first kappa shape index (κ1) is 13.3. The Bertz CT molecular complexity index is 695. The van der Waals surface area contributed by atoms with Gasteiger partial charge in [0.2, 0.25) is 0 Å². The van der Waals surface area contributed by atoms with E-state index in [9.17, 15) is 9.59 Å². The van der Waals surface area contributed by atoms with E-state index in [4.69, 9.17) is 0 Å². The van der Waals surface area contributed by atoms with Crippen molar-refractivity contribution in [2.75, 3.05) is 0 Å². The molecule has 19 heavy (non-hydrogen) atoms. The van der Waals surface area contributed by atoms with Crippen LogP contribution in [0.2, 0.25) is 0 Å². The summed E-state index contributed by atoms with van der Waals surface area (Å²) in [6.45, 7) is 7.39. The summed E-state index contributed by atoms with van der Waals surface area (Å²) >= 11 is 0. The van der Waals surface area contributed by atoms with Crippen LogP contribution in [-0.2, 0) is 6.54 Å². The average Bonchev–Trinajstić information content (AvgIpc) is 2.55. The van der Waals surface area contributed by atoms with Crippen molar-refractivity contribution in [3.05, 3.63) is 50.7 Å². The number of nitrogens with one attached hydrogen (secondary N) is 1. The van der Waals surface area contributed by atoms with Gasteiger partial charge in [-0.25, -0.2) is 0 Å². The van der Waals surface area contributed by atoms with Gasteiger partial charge in [-0.2, -0.15) is 5.10 Å². The number of ketones is 1. The fraction of sp³-hybridized carbons (Fsp3) is 0.357. The summed E-state index contributed by atoms with van der Waals surface area (Å²) in [4.78, 5) is 27.2.